The lowest BCUT2D eigenvalue weighted by Crippen LogP contribution is -2.48. The van der Waals surface area contributed by atoms with Crippen molar-refractivity contribution < 1.29 is 9.59 Å². The number of fused-ring (bicyclic) bond motifs is 1. The first-order chi connectivity index (χ1) is 16.0. The molecule has 0 bridgehead atoms. The number of carbonyl (C=O) groups excluding carboxylic acids is 2. The van der Waals surface area contributed by atoms with Gasteiger partial charge in [-0.3, -0.25) is 24.8 Å². The summed E-state index contributed by atoms with van der Waals surface area (Å²) < 4.78 is 0. The van der Waals surface area contributed by atoms with E-state index in [2.05, 4.69) is 64.3 Å². The Kier molecular flexibility index (Phi) is 5.91. The quantitative estimate of drug-likeness (QED) is 0.569. The van der Waals surface area contributed by atoms with Crippen LogP contribution in [-0.2, 0) is 4.79 Å². The minimum Gasteiger partial charge on any atom is -0.369 e. The van der Waals surface area contributed by atoms with Gasteiger partial charge >= 0.3 is 0 Å². The Bertz CT molecular complexity index is 1240. The molecule has 2 aromatic carbocycles. The molecule has 0 saturated carbocycles. The van der Waals surface area contributed by atoms with Gasteiger partial charge in [0.15, 0.2) is 0 Å². The SMILES string of the molecule is CC(C)N1CCN(c2ccc(-c3cccc4cnc(C=C5SC(=O)NC5=O)cc34)cc2)CC1. The minimum atomic E-state index is -0.370. The molecule has 2 fully saturated rings. The van der Waals surface area contributed by atoms with Crippen LogP contribution in [0.3, 0.4) is 0 Å². The fraction of sp³-hybridized carbons (Fsp3) is 0.269. The summed E-state index contributed by atoms with van der Waals surface area (Å²) in [5, 5.41) is 4.03. The maximum atomic E-state index is 11.9. The second-order valence-corrected chi connectivity index (χ2v) is 9.67. The van der Waals surface area contributed by atoms with E-state index in [1.165, 1.54) is 5.69 Å². The lowest BCUT2D eigenvalue weighted by molar-refractivity contribution is -0.115. The van der Waals surface area contributed by atoms with E-state index in [1.54, 1.807) is 6.08 Å². The summed E-state index contributed by atoms with van der Waals surface area (Å²) in [6.07, 6.45) is 3.48. The zero-order chi connectivity index (χ0) is 22.9. The molecule has 0 unspecified atom stereocenters. The van der Waals surface area contributed by atoms with Crippen LogP contribution in [0.5, 0.6) is 0 Å². The first kappa shape index (κ1) is 21.7. The van der Waals surface area contributed by atoms with Gasteiger partial charge in [0.25, 0.3) is 11.1 Å². The maximum Gasteiger partial charge on any atom is 0.290 e. The van der Waals surface area contributed by atoms with Crippen LogP contribution in [0.25, 0.3) is 28.0 Å². The molecule has 168 valence electrons. The Morgan fingerprint density at radius 3 is 2.45 bits per heavy atom. The number of carbonyl (C=O) groups is 2. The number of amides is 2. The Hall–Kier alpha value is -3.16. The second-order valence-electron chi connectivity index (χ2n) is 8.65. The van der Waals surface area contributed by atoms with Crippen molar-refractivity contribution in [2.45, 2.75) is 19.9 Å². The van der Waals surface area contributed by atoms with E-state index in [0.717, 1.165) is 59.8 Å². The molecule has 0 atom stereocenters. The lowest BCUT2D eigenvalue weighted by Gasteiger charge is -2.38. The van der Waals surface area contributed by atoms with Gasteiger partial charge in [0.05, 0.1) is 10.6 Å². The molecule has 2 amide bonds. The lowest BCUT2D eigenvalue weighted by atomic mass is 9.98. The monoisotopic (exact) mass is 458 g/mol. The summed E-state index contributed by atoms with van der Waals surface area (Å²) in [7, 11) is 0. The predicted octanol–water partition coefficient (Wildman–Crippen LogP) is 4.76. The van der Waals surface area contributed by atoms with Crippen LogP contribution in [0.4, 0.5) is 10.5 Å². The van der Waals surface area contributed by atoms with Crippen LogP contribution in [0.2, 0.25) is 0 Å². The third kappa shape index (κ3) is 4.51. The number of nitrogens with one attached hydrogen (secondary N) is 1. The largest absolute Gasteiger partial charge is 0.369 e. The zero-order valence-corrected chi connectivity index (χ0v) is 19.6. The summed E-state index contributed by atoms with van der Waals surface area (Å²) in [5.41, 5.74) is 4.16. The van der Waals surface area contributed by atoms with E-state index >= 15 is 0 Å². The highest BCUT2D eigenvalue weighted by Crippen LogP contribution is 2.32. The molecule has 0 radical (unpaired) electrons. The molecule has 2 aliphatic heterocycles. The number of hydrogen-bond acceptors (Lipinski definition) is 6. The van der Waals surface area contributed by atoms with Gasteiger partial charge in [-0.05, 0) is 66.4 Å². The summed E-state index contributed by atoms with van der Waals surface area (Å²) in [5.74, 6) is -0.370. The molecular weight excluding hydrogens is 432 g/mol. The fourth-order valence-electron chi connectivity index (χ4n) is 4.42. The molecule has 2 saturated heterocycles. The van der Waals surface area contributed by atoms with Gasteiger partial charge in [0.1, 0.15) is 0 Å². The molecule has 1 N–H and O–H groups in total. The second kappa shape index (κ2) is 9.00. The maximum absolute atomic E-state index is 11.9. The van der Waals surface area contributed by atoms with Crippen molar-refractivity contribution in [3.05, 3.63) is 65.3 Å². The molecule has 33 heavy (non-hydrogen) atoms. The number of rotatable bonds is 4. The number of hydrogen-bond donors (Lipinski definition) is 1. The Balaban J connectivity index is 1.42. The molecule has 7 heteroatoms. The molecule has 0 aliphatic carbocycles. The van der Waals surface area contributed by atoms with Gasteiger partial charge in [0.2, 0.25) is 0 Å². The molecule has 0 spiro atoms. The minimum absolute atomic E-state index is 0.349. The average Bonchev–Trinajstić information content (AvgIpc) is 3.15. The van der Waals surface area contributed by atoms with Crippen LogP contribution in [0, 0.1) is 0 Å². The summed E-state index contributed by atoms with van der Waals surface area (Å²) >= 11 is 0.905. The highest BCUT2D eigenvalue weighted by atomic mass is 32.2. The van der Waals surface area contributed by atoms with Crippen LogP contribution < -0.4 is 10.2 Å². The molecule has 3 heterocycles. The van der Waals surface area contributed by atoms with Crippen molar-refractivity contribution in [2.75, 3.05) is 31.1 Å². The topological polar surface area (TPSA) is 65.5 Å². The highest BCUT2D eigenvalue weighted by Gasteiger charge is 2.25. The van der Waals surface area contributed by atoms with Crippen molar-refractivity contribution in [1.29, 1.82) is 0 Å². The van der Waals surface area contributed by atoms with Crippen LogP contribution in [0.1, 0.15) is 19.5 Å². The van der Waals surface area contributed by atoms with Crippen LogP contribution in [-0.4, -0.2) is 53.3 Å². The van der Waals surface area contributed by atoms with Crippen molar-refractivity contribution >= 4 is 45.4 Å². The molecule has 1 aromatic heterocycles. The number of aromatic nitrogens is 1. The molecule has 5 rings (SSSR count). The molecule has 2 aliphatic rings. The number of nitrogens with zero attached hydrogens (tertiary/aromatic N) is 3. The van der Waals surface area contributed by atoms with Gasteiger partial charge in [-0.2, -0.15) is 0 Å². The van der Waals surface area contributed by atoms with Gasteiger partial charge < -0.3 is 4.90 Å². The first-order valence-corrected chi connectivity index (χ1v) is 12.0. The van der Waals surface area contributed by atoms with E-state index in [9.17, 15) is 9.59 Å². The summed E-state index contributed by atoms with van der Waals surface area (Å²) in [6.45, 7) is 8.79. The van der Waals surface area contributed by atoms with E-state index in [4.69, 9.17) is 0 Å². The number of anilines is 1. The van der Waals surface area contributed by atoms with Crippen molar-refractivity contribution in [1.82, 2.24) is 15.2 Å². The molecular formula is C26H26N4O2S. The average molecular weight is 459 g/mol. The standard InChI is InChI=1S/C26H26N4O2S/c1-17(2)29-10-12-30(13-11-29)21-8-6-18(7-9-21)22-5-3-4-19-16-27-20(14-23(19)22)15-24-25(31)28-26(32)33-24/h3-9,14-17H,10-13H2,1-2H3,(H,28,31,32). The smallest absolute Gasteiger partial charge is 0.290 e. The Morgan fingerprint density at radius 2 is 1.79 bits per heavy atom. The third-order valence-electron chi connectivity index (χ3n) is 6.29. The van der Waals surface area contributed by atoms with Crippen LogP contribution >= 0.6 is 11.8 Å². The van der Waals surface area contributed by atoms with Gasteiger partial charge in [-0.25, -0.2) is 0 Å². The predicted molar refractivity (Wildman–Crippen MR) is 135 cm³/mol. The number of thioether (sulfide) groups is 1. The van der Waals surface area contributed by atoms with Crippen molar-refractivity contribution in [3.63, 3.8) is 0 Å². The summed E-state index contributed by atoms with van der Waals surface area (Å²) in [6, 6.07) is 17.5. The number of piperazine rings is 1. The van der Waals surface area contributed by atoms with E-state index in [1.807, 2.05) is 24.4 Å². The van der Waals surface area contributed by atoms with E-state index in [0.29, 0.717) is 16.6 Å². The zero-order valence-electron chi connectivity index (χ0n) is 18.7. The molecule has 3 aromatic rings. The van der Waals surface area contributed by atoms with Gasteiger partial charge in [-0.15, -0.1) is 0 Å². The first-order valence-electron chi connectivity index (χ1n) is 11.2. The van der Waals surface area contributed by atoms with Crippen molar-refractivity contribution in [2.24, 2.45) is 0 Å². The number of benzene rings is 2. The van der Waals surface area contributed by atoms with Crippen molar-refractivity contribution in [3.8, 4) is 11.1 Å². The Morgan fingerprint density at radius 1 is 1.03 bits per heavy atom. The highest BCUT2D eigenvalue weighted by molar-refractivity contribution is 8.18. The van der Waals surface area contributed by atoms with E-state index < -0.39 is 0 Å². The third-order valence-corrected chi connectivity index (χ3v) is 7.10. The Labute approximate surface area is 197 Å². The summed E-state index contributed by atoms with van der Waals surface area (Å²) in [4.78, 5) is 33.2. The van der Waals surface area contributed by atoms with Gasteiger partial charge in [-0.1, -0.05) is 30.3 Å². The van der Waals surface area contributed by atoms with Gasteiger partial charge in [0, 0.05) is 49.5 Å². The van der Waals surface area contributed by atoms with Crippen LogP contribution in [0.15, 0.2) is 59.6 Å². The number of pyridine rings is 1. The molecule has 6 nitrogen and oxygen atoms in total. The number of imide groups is 1. The normalized spacial score (nSPS) is 18.5. The fourth-order valence-corrected chi connectivity index (χ4v) is 5.09. The van der Waals surface area contributed by atoms with E-state index in [-0.39, 0.29) is 11.1 Å².